The molecule has 156 valence electrons. The van der Waals surface area contributed by atoms with Crippen molar-refractivity contribution in [3.05, 3.63) is 0 Å². The molecule has 2 aliphatic heterocycles. The lowest BCUT2D eigenvalue weighted by Gasteiger charge is -2.23. The van der Waals surface area contributed by atoms with Gasteiger partial charge in [-0.1, -0.05) is 58.3 Å². The molecule has 2 heterocycles. The van der Waals surface area contributed by atoms with Crippen LogP contribution in [0.2, 0.25) is 0 Å². The average molecular weight is 381 g/mol. The van der Waals surface area contributed by atoms with Gasteiger partial charge in [0.1, 0.15) is 0 Å². The Balaban J connectivity index is 1.57. The van der Waals surface area contributed by atoms with Crippen LogP contribution in [-0.4, -0.2) is 46.8 Å². The van der Waals surface area contributed by atoms with Crippen molar-refractivity contribution in [1.29, 1.82) is 0 Å². The van der Waals surface area contributed by atoms with E-state index in [1.807, 2.05) is 0 Å². The van der Waals surface area contributed by atoms with Crippen molar-refractivity contribution in [3.63, 3.8) is 0 Å². The van der Waals surface area contributed by atoms with E-state index in [1.54, 1.807) is 0 Å². The Labute approximate surface area is 166 Å². The summed E-state index contributed by atoms with van der Waals surface area (Å²) in [5, 5.41) is 20.5. The summed E-state index contributed by atoms with van der Waals surface area (Å²) in [6.07, 6.45) is 19.2. The molecule has 2 N–H and O–H groups in total. The molecule has 0 unspecified atom stereocenters. The monoisotopic (exact) mass is 380 g/mol. The molecule has 2 rings (SSSR count). The van der Waals surface area contributed by atoms with Crippen LogP contribution in [-0.2, 0) is 9.47 Å². The van der Waals surface area contributed by atoms with Gasteiger partial charge in [0, 0.05) is 6.42 Å². The SMILES string of the molecule is C#CC[C@@H](O)[C@H]1CC[C@H]([C@@H]2CC[C@H]([C@H](O)CCCCCCCCCC)O2)O1. The van der Waals surface area contributed by atoms with Crippen LogP contribution < -0.4 is 0 Å². The highest BCUT2D eigenvalue weighted by molar-refractivity contribution is 4.93. The fourth-order valence-corrected chi connectivity index (χ4v) is 4.42. The molecule has 2 saturated heterocycles. The summed E-state index contributed by atoms with van der Waals surface area (Å²) >= 11 is 0. The normalized spacial score (nSPS) is 30.3. The first-order valence-electron chi connectivity index (χ1n) is 11.3. The number of aliphatic hydroxyl groups excluding tert-OH is 2. The number of unbranched alkanes of at least 4 members (excludes halogenated alkanes) is 7. The topological polar surface area (TPSA) is 58.9 Å². The largest absolute Gasteiger partial charge is 0.390 e. The van der Waals surface area contributed by atoms with Crippen molar-refractivity contribution in [3.8, 4) is 12.3 Å². The van der Waals surface area contributed by atoms with Gasteiger partial charge in [0.15, 0.2) is 0 Å². The molecular weight excluding hydrogens is 340 g/mol. The summed E-state index contributed by atoms with van der Waals surface area (Å²) in [5.41, 5.74) is 0. The molecule has 27 heavy (non-hydrogen) atoms. The first-order chi connectivity index (χ1) is 13.2. The van der Waals surface area contributed by atoms with Gasteiger partial charge in [-0.2, -0.15) is 0 Å². The van der Waals surface area contributed by atoms with Gasteiger partial charge in [-0.25, -0.2) is 0 Å². The minimum atomic E-state index is -0.579. The van der Waals surface area contributed by atoms with Crippen LogP contribution in [0.4, 0.5) is 0 Å². The first-order valence-corrected chi connectivity index (χ1v) is 11.3. The molecule has 6 atom stereocenters. The van der Waals surface area contributed by atoms with Crippen molar-refractivity contribution < 1.29 is 19.7 Å². The van der Waals surface area contributed by atoms with Crippen LogP contribution in [0.15, 0.2) is 0 Å². The fourth-order valence-electron chi connectivity index (χ4n) is 4.42. The predicted octanol–water partition coefficient (Wildman–Crippen LogP) is 4.36. The van der Waals surface area contributed by atoms with Crippen LogP contribution in [0.1, 0.15) is 96.8 Å². The van der Waals surface area contributed by atoms with E-state index in [2.05, 4.69) is 12.8 Å². The third kappa shape index (κ3) is 7.74. The fraction of sp³-hybridized carbons (Fsp3) is 0.913. The molecule has 2 fully saturated rings. The molecule has 2 aliphatic rings. The molecule has 4 heteroatoms. The number of terminal acetylenes is 1. The Morgan fingerprint density at radius 3 is 1.89 bits per heavy atom. The highest BCUT2D eigenvalue weighted by atomic mass is 16.6. The summed E-state index contributed by atoms with van der Waals surface area (Å²) < 4.78 is 12.1. The molecule has 0 aromatic heterocycles. The number of ether oxygens (including phenoxy) is 2. The predicted molar refractivity (Wildman–Crippen MR) is 108 cm³/mol. The minimum absolute atomic E-state index is 0.0303. The molecule has 0 bridgehead atoms. The maximum atomic E-state index is 10.5. The summed E-state index contributed by atoms with van der Waals surface area (Å²) in [4.78, 5) is 0. The van der Waals surface area contributed by atoms with E-state index in [0.717, 1.165) is 38.5 Å². The smallest absolute Gasteiger partial charge is 0.0910 e. The van der Waals surface area contributed by atoms with Crippen molar-refractivity contribution in [2.75, 3.05) is 0 Å². The number of rotatable bonds is 13. The zero-order valence-corrected chi connectivity index (χ0v) is 17.2. The van der Waals surface area contributed by atoms with Crippen LogP contribution in [0.3, 0.4) is 0 Å². The third-order valence-electron chi connectivity index (χ3n) is 6.12. The van der Waals surface area contributed by atoms with Crippen molar-refractivity contribution in [2.24, 2.45) is 0 Å². The van der Waals surface area contributed by atoms with Gasteiger partial charge >= 0.3 is 0 Å². The van der Waals surface area contributed by atoms with E-state index >= 15 is 0 Å². The van der Waals surface area contributed by atoms with Gasteiger partial charge in [0.25, 0.3) is 0 Å². The van der Waals surface area contributed by atoms with E-state index in [-0.39, 0.29) is 30.5 Å². The number of hydrogen-bond donors (Lipinski definition) is 2. The molecule has 0 aromatic rings. The zero-order chi connectivity index (χ0) is 19.5. The Morgan fingerprint density at radius 1 is 0.815 bits per heavy atom. The average Bonchev–Trinajstić information content (AvgIpc) is 3.33. The number of aliphatic hydroxyl groups is 2. The maximum Gasteiger partial charge on any atom is 0.0910 e. The maximum absolute atomic E-state index is 10.5. The van der Waals surface area contributed by atoms with Gasteiger partial charge in [-0.3, -0.25) is 0 Å². The highest BCUT2D eigenvalue weighted by Crippen LogP contribution is 2.34. The summed E-state index contributed by atoms with van der Waals surface area (Å²) in [6.45, 7) is 2.25. The Bertz CT molecular complexity index is 433. The quantitative estimate of drug-likeness (QED) is 0.368. The molecule has 0 radical (unpaired) electrons. The highest BCUT2D eigenvalue weighted by Gasteiger charge is 2.40. The second kappa shape index (κ2) is 12.8. The minimum Gasteiger partial charge on any atom is -0.390 e. The van der Waals surface area contributed by atoms with E-state index < -0.39 is 6.10 Å². The second-order valence-electron chi connectivity index (χ2n) is 8.39. The van der Waals surface area contributed by atoms with Crippen LogP contribution in [0.25, 0.3) is 0 Å². The lowest BCUT2D eigenvalue weighted by atomic mass is 10.0. The van der Waals surface area contributed by atoms with Crippen LogP contribution in [0, 0.1) is 12.3 Å². The van der Waals surface area contributed by atoms with Crippen molar-refractivity contribution in [1.82, 2.24) is 0 Å². The second-order valence-corrected chi connectivity index (χ2v) is 8.39. The van der Waals surface area contributed by atoms with Gasteiger partial charge < -0.3 is 19.7 Å². The summed E-state index contributed by atoms with van der Waals surface area (Å²) in [5.74, 6) is 2.50. The van der Waals surface area contributed by atoms with Crippen LogP contribution in [0.5, 0.6) is 0 Å². The summed E-state index contributed by atoms with van der Waals surface area (Å²) in [7, 11) is 0. The van der Waals surface area contributed by atoms with E-state index in [1.165, 1.54) is 44.9 Å². The lowest BCUT2D eigenvalue weighted by molar-refractivity contribution is -0.108. The van der Waals surface area contributed by atoms with E-state index in [0.29, 0.717) is 6.42 Å². The Morgan fingerprint density at radius 2 is 1.33 bits per heavy atom. The molecule has 4 nitrogen and oxygen atoms in total. The van der Waals surface area contributed by atoms with Gasteiger partial charge in [-0.05, 0) is 32.1 Å². The van der Waals surface area contributed by atoms with Crippen LogP contribution >= 0.6 is 0 Å². The zero-order valence-electron chi connectivity index (χ0n) is 17.2. The molecule has 0 saturated carbocycles. The molecule has 0 amide bonds. The summed E-state index contributed by atoms with van der Waals surface area (Å²) in [6, 6.07) is 0. The van der Waals surface area contributed by atoms with Crippen molar-refractivity contribution >= 4 is 0 Å². The third-order valence-corrected chi connectivity index (χ3v) is 6.12. The lowest BCUT2D eigenvalue weighted by Crippen LogP contribution is -2.33. The van der Waals surface area contributed by atoms with Gasteiger partial charge in [0.05, 0.1) is 36.6 Å². The van der Waals surface area contributed by atoms with E-state index in [4.69, 9.17) is 15.9 Å². The molecular formula is C23H40O4. The molecule has 0 aliphatic carbocycles. The molecule has 0 aromatic carbocycles. The Kier molecular flexibility index (Phi) is 10.7. The van der Waals surface area contributed by atoms with E-state index in [9.17, 15) is 10.2 Å². The first kappa shape index (κ1) is 22.7. The van der Waals surface area contributed by atoms with Gasteiger partial charge in [0.2, 0.25) is 0 Å². The standard InChI is InChI=1S/C23H40O4/c1-3-5-6-7-8-9-10-11-13-19(25)21-15-17-23(27-21)22-16-14-20(26-22)18(24)12-4-2/h2,18-25H,3,5-17H2,1H3/t18-,19-,20-,21-,22-,23+/m1/s1. The van der Waals surface area contributed by atoms with Gasteiger partial charge in [-0.15, -0.1) is 12.3 Å². The molecule has 0 spiro atoms. The number of hydrogen-bond acceptors (Lipinski definition) is 4. The Hall–Kier alpha value is -0.600. The van der Waals surface area contributed by atoms with Crippen molar-refractivity contribution in [2.45, 2.75) is 133 Å².